The summed E-state index contributed by atoms with van der Waals surface area (Å²) in [7, 11) is 1.51. The van der Waals surface area contributed by atoms with Gasteiger partial charge < -0.3 is 9.84 Å². The number of aromatic hydroxyl groups is 1. The molecular formula is C21H23BrN2O2S. The zero-order valence-corrected chi connectivity index (χ0v) is 18.4. The first-order chi connectivity index (χ1) is 12.7. The summed E-state index contributed by atoms with van der Waals surface area (Å²) in [5.41, 5.74) is 2.94. The largest absolute Gasteiger partial charge is 0.504 e. The van der Waals surface area contributed by atoms with Crippen LogP contribution in [0.15, 0.2) is 21.6 Å². The molecule has 4 nitrogen and oxygen atoms in total. The number of nitriles is 1. The van der Waals surface area contributed by atoms with Crippen LogP contribution in [0.5, 0.6) is 11.5 Å². The molecule has 1 atom stereocenters. The van der Waals surface area contributed by atoms with Crippen LogP contribution in [0.3, 0.4) is 0 Å². The number of thiophene rings is 1. The van der Waals surface area contributed by atoms with Crippen LogP contribution in [-0.2, 0) is 12.8 Å². The maximum absolute atomic E-state index is 9.84. The van der Waals surface area contributed by atoms with Gasteiger partial charge in [0.1, 0.15) is 11.1 Å². The predicted octanol–water partition coefficient (Wildman–Crippen LogP) is 6.00. The van der Waals surface area contributed by atoms with Crippen molar-refractivity contribution in [2.75, 3.05) is 7.11 Å². The number of hydrogen-bond donors (Lipinski definition) is 1. The molecule has 1 aliphatic rings. The van der Waals surface area contributed by atoms with E-state index in [1.54, 1.807) is 29.7 Å². The fourth-order valence-electron chi connectivity index (χ4n) is 3.47. The van der Waals surface area contributed by atoms with Crippen LogP contribution < -0.4 is 4.74 Å². The highest BCUT2D eigenvalue weighted by molar-refractivity contribution is 9.10. The number of hydrogen-bond acceptors (Lipinski definition) is 5. The van der Waals surface area contributed by atoms with Crippen molar-refractivity contribution in [3.05, 3.63) is 38.2 Å². The quantitative estimate of drug-likeness (QED) is 0.587. The number of nitrogens with zero attached hydrogens (tertiary/aromatic N) is 2. The molecular weight excluding hydrogens is 424 g/mol. The van der Waals surface area contributed by atoms with Crippen LogP contribution in [-0.4, -0.2) is 18.4 Å². The Morgan fingerprint density at radius 2 is 2.15 bits per heavy atom. The summed E-state index contributed by atoms with van der Waals surface area (Å²) < 4.78 is 5.88. The van der Waals surface area contributed by atoms with E-state index >= 15 is 0 Å². The lowest BCUT2D eigenvalue weighted by Crippen LogP contribution is -2.26. The zero-order valence-electron chi connectivity index (χ0n) is 16.0. The Morgan fingerprint density at radius 1 is 1.41 bits per heavy atom. The van der Waals surface area contributed by atoms with E-state index in [2.05, 4.69) is 47.8 Å². The number of phenols is 1. The van der Waals surface area contributed by atoms with Crippen molar-refractivity contribution in [1.29, 1.82) is 5.26 Å². The van der Waals surface area contributed by atoms with Crippen LogP contribution in [0.2, 0.25) is 0 Å². The molecule has 0 radical (unpaired) electrons. The Hall–Kier alpha value is -1.84. The summed E-state index contributed by atoms with van der Waals surface area (Å²) in [6.45, 7) is 6.86. The molecule has 0 saturated carbocycles. The van der Waals surface area contributed by atoms with Crippen molar-refractivity contribution in [1.82, 2.24) is 0 Å². The third kappa shape index (κ3) is 4.04. The molecule has 1 aromatic heterocycles. The van der Waals surface area contributed by atoms with E-state index in [4.69, 9.17) is 4.74 Å². The highest BCUT2D eigenvalue weighted by Gasteiger charge is 2.32. The molecule has 1 aromatic carbocycles. The van der Waals surface area contributed by atoms with E-state index in [0.717, 1.165) is 34.3 Å². The maximum atomic E-state index is 9.84. The van der Waals surface area contributed by atoms with Crippen molar-refractivity contribution in [2.24, 2.45) is 16.3 Å². The lowest BCUT2D eigenvalue weighted by molar-refractivity contribution is 0.218. The topological polar surface area (TPSA) is 65.6 Å². The van der Waals surface area contributed by atoms with Crippen molar-refractivity contribution in [3.8, 4) is 17.6 Å². The maximum Gasteiger partial charge on any atom is 0.161 e. The number of ether oxygens (including phenoxy) is 1. The Labute approximate surface area is 172 Å². The molecule has 0 unspecified atom stereocenters. The molecule has 0 spiro atoms. The monoisotopic (exact) mass is 446 g/mol. The van der Waals surface area contributed by atoms with E-state index in [-0.39, 0.29) is 11.2 Å². The molecule has 0 saturated heterocycles. The Morgan fingerprint density at radius 3 is 2.78 bits per heavy atom. The number of aliphatic imine (C=N–C) groups is 1. The van der Waals surface area contributed by atoms with Gasteiger partial charge in [-0.2, -0.15) is 5.26 Å². The van der Waals surface area contributed by atoms with Crippen molar-refractivity contribution < 1.29 is 9.84 Å². The lowest BCUT2D eigenvalue weighted by atomic mass is 9.72. The molecule has 1 N–H and O–H groups in total. The number of rotatable bonds is 3. The van der Waals surface area contributed by atoms with Crippen LogP contribution in [0.25, 0.3) is 0 Å². The second-order valence-electron chi connectivity index (χ2n) is 7.91. The van der Waals surface area contributed by atoms with Gasteiger partial charge in [-0.3, -0.25) is 0 Å². The van der Waals surface area contributed by atoms with Gasteiger partial charge in [0, 0.05) is 21.1 Å². The summed E-state index contributed by atoms with van der Waals surface area (Å²) in [5.74, 6) is 1.08. The number of benzene rings is 1. The normalized spacial score (nSPS) is 17.0. The Bertz CT molecular complexity index is 935. The van der Waals surface area contributed by atoms with E-state index in [1.165, 1.54) is 17.6 Å². The minimum atomic E-state index is 0.0686. The highest BCUT2D eigenvalue weighted by atomic mass is 79.9. The summed E-state index contributed by atoms with van der Waals surface area (Å²) >= 11 is 5.07. The zero-order chi connectivity index (χ0) is 19.8. The van der Waals surface area contributed by atoms with Crippen LogP contribution in [0.1, 0.15) is 48.8 Å². The van der Waals surface area contributed by atoms with Gasteiger partial charge in [0.15, 0.2) is 11.5 Å². The first-order valence-electron chi connectivity index (χ1n) is 8.89. The van der Waals surface area contributed by atoms with Gasteiger partial charge in [0.25, 0.3) is 0 Å². The first-order valence-corrected chi connectivity index (χ1v) is 10.5. The van der Waals surface area contributed by atoms with Crippen molar-refractivity contribution in [3.63, 3.8) is 0 Å². The third-order valence-corrected chi connectivity index (χ3v) is 7.05. The van der Waals surface area contributed by atoms with Crippen molar-refractivity contribution in [2.45, 2.75) is 40.0 Å². The molecule has 2 aromatic rings. The fraction of sp³-hybridized carbons (Fsp3) is 0.429. The first kappa shape index (κ1) is 19.9. The molecule has 3 rings (SSSR count). The third-order valence-electron chi connectivity index (χ3n) is 5.20. The summed E-state index contributed by atoms with van der Waals surface area (Å²) in [5, 5.41) is 20.3. The van der Waals surface area contributed by atoms with Crippen LogP contribution >= 0.6 is 27.3 Å². The van der Waals surface area contributed by atoms with E-state index < -0.39 is 0 Å². The highest BCUT2D eigenvalue weighted by Crippen LogP contribution is 2.45. The number of fused-ring (bicyclic) bond motifs is 1. The van der Waals surface area contributed by atoms with E-state index in [9.17, 15) is 10.4 Å². The lowest BCUT2D eigenvalue weighted by Gasteiger charge is -2.33. The van der Waals surface area contributed by atoms with Gasteiger partial charge in [0.05, 0.1) is 12.7 Å². The molecule has 0 amide bonds. The summed E-state index contributed by atoms with van der Waals surface area (Å²) in [6, 6.07) is 5.66. The molecule has 0 fully saturated rings. The Kier molecular flexibility index (Phi) is 5.64. The number of phenolic OH excluding ortho intramolecular Hbond substituents is 1. The second-order valence-corrected chi connectivity index (χ2v) is 9.84. The molecule has 0 aliphatic heterocycles. The minimum Gasteiger partial charge on any atom is -0.504 e. The molecule has 142 valence electrons. The summed E-state index contributed by atoms with van der Waals surface area (Å²) in [4.78, 5) is 5.91. The SMILES string of the molecule is COc1cc(C=Nc2sc3c(c2C#N)CC[C@@H](C(C)(C)C)C3)c(Br)cc1O. The van der Waals surface area contributed by atoms with Crippen LogP contribution in [0.4, 0.5) is 5.00 Å². The number of methoxy groups -OCH3 is 1. The molecule has 0 bridgehead atoms. The van der Waals surface area contributed by atoms with Gasteiger partial charge in [-0.15, -0.1) is 11.3 Å². The van der Waals surface area contributed by atoms with Gasteiger partial charge in [-0.25, -0.2) is 4.99 Å². The standard InChI is InChI=1S/C21H23BrN2O2S/c1-21(2,3)13-5-6-14-15(10-23)20(27-19(14)8-13)24-11-12-7-18(26-4)17(25)9-16(12)22/h7,9,11,13,25H,5-6,8H2,1-4H3/t13-/m1/s1. The van der Waals surface area contributed by atoms with E-state index in [1.807, 2.05) is 0 Å². The van der Waals surface area contributed by atoms with Gasteiger partial charge in [0.2, 0.25) is 0 Å². The predicted molar refractivity (Wildman–Crippen MR) is 114 cm³/mol. The Balaban J connectivity index is 1.94. The van der Waals surface area contributed by atoms with Gasteiger partial charge in [-0.1, -0.05) is 20.8 Å². The van der Waals surface area contributed by atoms with Gasteiger partial charge in [-0.05, 0) is 64.2 Å². The van der Waals surface area contributed by atoms with E-state index in [0.29, 0.717) is 17.2 Å². The molecule has 6 heteroatoms. The molecule has 1 aliphatic carbocycles. The van der Waals surface area contributed by atoms with Crippen molar-refractivity contribution >= 4 is 38.5 Å². The average molecular weight is 447 g/mol. The number of halogens is 1. The molecule has 1 heterocycles. The second kappa shape index (κ2) is 7.65. The van der Waals surface area contributed by atoms with Crippen LogP contribution in [0, 0.1) is 22.7 Å². The average Bonchev–Trinajstić information content (AvgIpc) is 2.96. The summed E-state index contributed by atoms with van der Waals surface area (Å²) in [6.07, 6.45) is 4.80. The minimum absolute atomic E-state index is 0.0686. The fourth-order valence-corrected chi connectivity index (χ4v) is 5.12. The van der Waals surface area contributed by atoms with Gasteiger partial charge >= 0.3 is 0 Å². The smallest absolute Gasteiger partial charge is 0.161 e. The molecule has 27 heavy (non-hydrogen) atoms.